The number of aromatic hydroxyl groups is 2. The maximum Gasteiger partial charge on any atom is 0.123 e. The standard InChI is InChI=1S/C24H34O2/c1-14-10-17(21(25)19(12-14)23(4,5)6)16(3)18-11-15(2)13-20(22(18)26)24(7,8)9/h10-13,16,25-26H,1-9H3. The number of hydrogen-bond donors (Lipinski definition) is 2. The molecule has 0 spiro atoms. The van der Waals surface area contributed by atoms with Crippen molar-refractivity contribution >= 4 is 0 Å². The molecule has 0 heterocycles. The van der Waals surface area contributed by atoms with Gasteiger partial charge in [-0.15, -0.1) is 0 Å². The molecule has 0 amide bonds. The predicted octanol–water partition coefficient (Wildman–Crippen LogP) is 6.46. The molecule has 0 radical (unpaired) electrons. The molecule has 2 rings (SSSR count). The lowest BCUT2D eigenvalue weighted by Crippen LogP contribution is -2.15. The molecule has 2 nitrogen and oxygen atoms in total. The van der Waals surface area contributed by atoms with Crippen LogP contribution < -0.4 is 0 Å². The minimum absolute atomic E-state index is 0.100. The first kappa shape index (κ1) is 20.4. The predicted molar refractivity (Wildman–Crippen MR) is 111 cm³/mol. The van der Waals surface area contributed by atoms with E-state index in [1.165, 1.54) is 0 Å². The molecule has 0 aliphatic heterocycles. The summed E-state index contributed by atoms with van der Waals surface area (Å²) in [6.45, 7) is 18.8. The van der Waals surface area contributed by atoms with Crippen molar-refractivity contribution in [1.82, 2.24) is 0 Å². The molecule has 0 aromatic heterocycles. The Morgan fingerprint density at radius 2 is 0.962 bits per heavy atom. The molecule has 26 heavy (non-hydrogen) atoms. The second-order valence-corrected chi connectivity index (χ2v) is 9.72. The minimum Gasteiger partial charge on any atom is -0.507 e. The average Bonchev–Trinajstić information content (AvgIpc) is 2.48. The maximum atomic E-state index is 11.0. The summed E-state index contributed by atoms with van der Waals surface area (Å²) in [6, 6.07) is 8.19. The van der Waals surface area contributed by atoms with Gasteiger partial charge in [0.2, 0.25) is 0 Å². The van der Waals surface area contributed by atoms with Crippen LogP contribution in [0.3, 0.4) is 0 Å². The second-order valence-electron chi connectivity index (χ2n) is 9.72. The smallest absolute Gasteiger partial charge is 0.123 e. The van der Waals surface area contributed by atoms with Crippen molar-refractivity contribution in [2.75, 3.05) is 0 Å². The highest BCUT2D eigenvalue weighted by Crippen LogP contribution is 2.44. The molecular formula is C24H34O2. The van der Waals surface area contributed by atoms with Crippen molar-refractivity contribution in [3.05, 3.63) is 57.6 Å². The molecule has 0 unspecified atom stereocenters. The molecule has 0 aliphatic rings. The normalized spacial score (nSPS) is 12.7. The van der Waals surface area contributed by atoms with Crippen molar-refractivity contribution in [3.63, 3.8) is 0 Å². The van der Waals surface area contributed by atoms with Crippen LogP contribution in [0.25, 0.3) is 0 Å². The van der Waals surface area contributed by atoms with Crippen LogP contribution in [0, 0.1) is 13.8 Å². The van der Waals surface area contributed by atoms with E-state index in [2.05, 4.69) is 74.4 Å². The summed E-state index contributed by atoms with van der Waals surface area (Å²) in [7, 11) is 0. The zero-order valence-corrected chi connectivity index (χ0v) is 17.8. The Labute approximate surface area is 158 Å². The fourth-order valence-corrected chi connectivity index (χ4v) is 3.58. The van der Waals surface area contributed by atoms with E-state index in [-0.39, 0.29) is 16.7 Å². The van der Waals surface area contributed by atoms with Gasteiger partial charge in [0.15, 0.2) is 0 Å². The Morgan fingerprint density at radius 1 is 0.654 bits per heavy atom. The lowest BCUT2D eigenvalue weighted by atomic mass is 9.79. The zero-order valence-electron chi connectivity index (χ0n) is 17.8. The zero-order chi connectivity index (χ0) is 20.0. The van der Waals surface area contributed by atoms with Crippen LogP contribution in [-0.4, -0.2) is 10.2 Å². The van der Waals surface area contributed by atoms with E-state index in [1.54, 1.807) is 0 Å². The summed E-state index contributed by atoms with van der Waals surface area (Å²) >= 11 is 0. The molecule has 0 fully saturated rings. The molecule has 2 N–H and O–H groups in total. The Morgan fingerprint density at radius 3 is 1.23 bits per heavy atom. The lowest BCUT2D eigenvalue weighted by Gasteiger charge is -2.27. The number of aryl methyl sites for hydroxylation is 2. The van der Waals surface area contributed by atoms with Gasteiger partial charge in [-0.3, -0.25) is 0 Å². The first-order valence-corrected chi connectivity index (χ1v) is 9.41. The number of hydrogen-bond acceptors (Lipinski definition) is 2. The number of phenols is 2. The highest BCUT2D eigenvalue weighted by molar-refractivity contribution is 5.55. The second kappa shape index (κ2) is 6.64. The molecule has 2 heteroatoms. The van der Waals surface area contributed by atoms with Crippen LogP contribution in [0.2, 0.25) is 0 Å². The van der Waals surface area contributed by atoms with Crippen LogP contribution in [0.5, 0.6) is 11.5 Å². The molecule has 2 aromatic carbocycles. The molecule has 0 aliphatic carbocycles. The topological polar surface area (TPSA) is 40.5 Å². The van der Waals surface area contributed by atoms with Gasteiger partial charge in [0.05, 0.1) is 0 Å². The first-order chi connectivity index (χ1) is 11.7. The Bertz CT molecular complexity index is 748. The SMILES string of the molecule is Cc1cc(C(C)c2cc(C)cc(C(C)(C)C)c2O)c(O)c(C(C)(C)C)c1. The maximum absolute atomic E-state index is 11.0. The number of phenolic OH excluding ortho intramolecular Hbond substituents is 2. The molecule has 0 atom stereocenters. The Hall–Kier alpha value is -1.96. The van der Waals surface area contributed by atoms with E-state index in [0.29, 0.717) is 11.5 Å². The third-order valence-corrected chi connectivity index (χ3v) is 5.12. The van der Waals surface area contributed by atoms with Crippen LogP contribution in [0.15, 0.2) is 24.3 Å². The van der Waals surface area contributed by atoms with E-state index in [4.69, 9.17) is 0 Å². The first-order valence-electron chi connectivity index (χ1n) is 9.41. The van der Waals surface area contributed by atoms with Gasteiger partial charge in [0.1, 0.15) is 11.5 Å². The number of benzene rings is 2. The molecule has 142 valence electrons. The lowest BCUT2D eigenvalue weighted by molar-refractivity contribution is 0.430. The van der Waals surface area contributed by atoms with Crippen LogP contribution >= 0.6 is 0 Å². The third kappa shape index (κ3) is 3.90. The number of rotatable bonds is 2. The summed E-state index contributed by atoms with van der Waals surface area (Å²) in [5.41, 5.74) is 5.60. The van der Waals surface area contributed by atoms with Crippen molar-refractivity contribution in [2.24, 2.45) is 0 Å². The van der Waals surface area contributed by atoms with Gasteiger partial charge in [0, 0.05) is 17.0 Å². The molecule has 0 bridgehead atoms. The summed E-state index contributed by atoms with van der Waals surface area (Å²) in [6.07, 6.45) is 0. The summed E-state index contributed by atoms with van der Waals surface area (Å²) in [5, 5.41) is 22.0. The summed E-state index contributed by atoms with van der Waals surface area (Å²) in [5.74, 6) is 0.583. The summed E-state index contributed by atoms with van der Waals surface area (Å²) < 4.78 is 0. The van der Waals surface area contributed by atoms with Crippen LogP contribution in [-0.2, 0) is 10.8 Å². The Kier molecular flexibility index (Phi) is 5.20. The van der Waals surface area contributed by atoms with Crippen LogP contribution in [0.1, 0.15) is 87.8 Å². The molecule has 0 saturated heterocycles. The average molecular weight is 355 g/mol. The van der Waals surface area contributed by atoms with Gasteiger partial charge < -0.3 is 10.2 Å². The van der Waals surface area contributed by atoms with Crippen molar-refractivity contribution in [3.8, 4) is 11.5 Å². The van der Waals surface area contributed by atoms with Crippen molar-refractivity contribution in [1.29, 1.82) is 0 Å². The fraction of sp³-hybridized carbons (Fsp3) is 0.500. The molecule has 0 saturated carbocycles. The highest BCUT2D eigenvalue weighted by atomic mass is 16.3. The monoisotopic (exact) mass is 354 g/mol. The van der Waals surface area contributed by atoms with Crippen molar-refractivity contribution in [2.45, 2.75) is 79.1 Å². The largest absolute Gasteiger partial charge is 0.507 e. The van der Waals surface area contributed by atoms with Crippen LogP contribution in [0.4, 0.5) is 0 Å². The van der Waals surface area contributed by atoms with Gasteiger partial charge in [-0.25, -0.2) is 0 Å². The molecule has 2 aromatic rings. The summed E-state index contributed by atoms with van der Waals surface area (Å²) in [4.78, 5) is 0. The van der Waals surface area contributed by atoms with Gasteiger partial charge in [0.25, 0.3) is 0 Å². The van der Waals surface area contributed by atoms with E-state index in [1.807, 2.05) is 12.1 Å². The third-order valence-electron chi connectivity index (χ3n) is 5.12. The van der Waals surface area contributed by atoms with Gasteiger partial charge in [-0.1, -0.05) is 83.9 Å². The van der Waals surface area contributed by atoms with Gasteiger partial charge in [-0.05, 0) is 35.8 Å². The van der Waals surface area contributed by atoms with Gasteiger partial charge in [-0.2, -0.15) is 0 Å². The quantitative estimate of drug-likeness (QED) is 0.649. The molecular weight excluding hydrogens is 320 g/mol. The van der Waals surface area contributed by atoms with E-state index >= 15 is 0 Å². The van der Waals surface area contributed by atoms with E-state index < -0.39 is 0 Å². The van der Waals surface area contributed by atoms with Crippen molar-refractivity contribution < 1.29 is 10.2 Å². The van der Waals surface area contributed by atoms with Gasteiger partial charge >= 0.3 is 0 Å². The van der Waals surface area contributed by atoms with E-state index in [9.17, 15) is 10.2 Å². The van der Waals surface area contributed by atoms with E-state index in [0.717, 1.165) is 33.4 Å². The highest BCUT2D eigenvalue weighted by Gasteiger charge is 2.27. The fourth-order valence-electron chi connectivity index (χ4n) is 3.58. The minimum atomic E-state index is -0.143. The Balaban J connectivity index is 2.70.